The average molecular weight is 415 g/mol. The quantitative estimate of drug-likeness (QED) is 0.587. The van der Waals surface area contributed by atoms with Crippen LogP contribution in [0.2, 0.25) is 0 Å². The SMILES string of the molecule is Cc1ccccc1NC(=O)COc1ccccc1C1C(C#N)=C(N)Oc2n[nH]c(C)c21. The standard InChI is InChI=1S/C23H21N5O3/c1-13-7-3-5-9-17(13)26-19(29)12-30-18-10-6-4-8-15(18)21-16(11-24)22(25)31-23-20(21)14(2)27-28-23/h3-10,21H,12,25H2,1-2H3,(H,26,29)(H,27,28). The van der Waals surface area contributed by atoms with Crippen LogP contribution in [0.3, 0.4) is 0 Å². The molecule has 1 aromatic heterocycles. The Balaban J connectivity index is 1.62. The lowest BCUT2D eigenvalue weighted by Crippen LogP contribution is -2.23. The molecule has 3 aromatic rings. The van der Waals surface area contributed by atoms with Gasteiger partial charge in [0.05, 0.1) is 5.92 Å². The van der Waals surface area contributed by atoms with Crippen LogP contribution in [-0.2, 0) is 4.79 Å². The molecule has 2 aromatic carbocycles. The van der Waals surface area contributed by atoms with Gasteiger partial charge in [0.2, 0.25) is 11.8 Å². The molecule has 0 spiro atoms. The van der Waals surface area contributed by atoms with Crippen molar-refractivity contribution < 1.29 is 14.3 Å². The van der Waals surface area contributed by atoms with E-state index in [1.54, 1.807) is 12.1 Å². The molecule has 31 heavy (non-hydrogen) atoms. The Labute approximate surface area is 179 Å². The van der Waals surface area contributed by atoms with Gasteiger partial charge in [0.25, 0.3) is 5.91 Å². The number of carbonyl (C=O) groups excluding carboxylic acids is 1. The number of anilines is 1. The molecule has 0 radical (unpaired) electrons. The summed E-state index contributed by atoms with van der Waals surface area (Å²) in [5.41, 5.74) is 10.1. The molecule has 1 aliphatic rings. The lowest BCUT2D eigenvalue weighted by atomic mass is 9.83. The third-order valence-corrected chi connectivity index (χ3v) is 5.14. The second-order valence-corrected chi connectivity index (χ2v) is 7.18. The number of carbonyl (C=O) groups is 1. The zero-order valence-electron chi connectivity index (χ0n) is 17.1. The summed E-state index contributed by atoms with van der Waals surface area (Å²) in [4.78, 5) is 12.5. The van der Waals surface area contributed by atoms with Crippen LogP contribution in [0.4, 0.5) is 5.69 Å². The third kappa shape index (κ3) is 3.81. The molecule has 0 aliphatic carbocycles. The van der Waals surface area contributed by atoms with Crippen molar-refractivity contribution in [2.75, 3.05) is 11.9 Å². The number of rotatable bonds is 5. The number of aromatic amines is 1. The lowest BCUT2D eigenvalue weighted by molar-refractivity contribution is -0.118. The Bertz CT molecular complexity index is 1220. The maximum Gasteiger partial charge on any atom is 0.262 e. The summed E-state index contributed by atoms with van der Waals surface area (Å²) in [6.07, 6.45) is 0. The predicted octanol–water partition coefficient (Wildman–Crippen LogP) is 3.26. The number of para-hydroxylation sites is 2. The average Bonchev–Trinajstić information content (AvgIpc) is 3.13. The summed E-state index contributed by atoms with van der Waals surface area (Å²) in [5.74, 6) is -0.0129. The fourth-order valence-electron chi connectivity index (χ4n) is 3.60. The van der Waals surface area contributed by atoms with E-state index < -0.39 is 5.92 Å². The van der Waals surface area contributed by atoms with Crippen LogP contribution < -0.4 is 20.5 Å². The summed E-state index contributed by atoms with van der Waals surface area (Å²) in [6, 6.07) is 16.9. The van der Waals surface area contributed by atoms with Gasteiger partial charge in [0.15, 0.2) is 6.61 Å². The van der Waals surface area contributed by atoms with E-state index in [0.717, 1.165) is 16.9 Å². The molecule has 0 fully saturated rings. The Kier molecular flexibility index (Phi) is 5.33. The van der Waals surface area contributed by atoms with Crippen molar-refractivity contribution in [3.05, 3.63) is 82.4 Å². The molecule has 0 saturated carbocycles. The van der Waals surface area contributed by atoms with Crippen molar-refractivity contribution >= 4 is 11.6 Å². The topological polar surface area (TPSA) is 126 Å². The number of hydrogen-bond donors (Lipinski definition) is 3. The highest BCUT2D eigenvalue weighted by molar-refractivity contribution is 5.92. The minimum absolute atomic E-state index is 0.00130. The fourth-order valence-corrected chi connectivity index (χ4v) is 3.60. The largest absolute Gasteiger partial charge is 0.483 e. The number of nitrogens with one attached hydrogen (secondary N) is 2. The first-order chi connectivity index (χ1) is 15.0. The molecular formula is C23H21N5O3. The summed E-state index contributed by atoms with van der Waals surface area (Å²) < 4.78 is 11.4. The van der Waals surface area contributed by atoms with Gasteiger partial charge < -0.3 is 20.5 Å². The van der Waals surface area contributed by atoms with Crippen molar-refractivity contribution in [3.63, 3.8) is 0 Å². The maximum absolute atomic E-state index is 12.5. The first-order valence-electron chi connectivity index (χ1n) is 9.69. The van der Waals surface area contributed by atoms with E-state index in [1.807, 2.05) is 50.2 Å². The number of nitriles is 1. The van der Waals surface area contributed by atoms with Gasteiger partial charge in [-0.25, -0.2) is 0 Å². The molecule has 4 N–H and O–H groups in total. The van der Waals surface area contributed by atoms with Gasteiger partial charge in [-0.3, -0.25) is 9.89 Å². The van der Waals surface area contributed by atoms with Crippen LogP contribution in [-0.4, -0.2) is 22.7 Å². The molecule has 8 nitrogen and oxygen atoms in total. The molecule has 1 amide bonds. The van der Waals surface area contributed by atoms with E-state index in [9.17, 15) is 10.1 Å². The second kappa shape index (κ2) is 8.24. The summed E-state index contributed by atoms with van der Waals surface area (Å²) in [6.45, 7) is 3.58. The first kappa shape index (κ1) is 20.0. The van der Waals surface area contributed by atoms with Crippen LogP contribution in [0.15, 0.2) is 60.0 Å². The Morgan fingerprint density at radius 1 is 1.26 bits per heavy atom. The smallest absolute Gasteiger partial charge is 0.262 e. The second-order valence-electron chi connectivity index (χ2n) is 7.18. The van der Waals surface area contributed by atoms with E-state index in [-0.39, 0.29) is 24.0 Å². The molecule has 1 atom stereocenters. The zero-order valence-corrected chi connectivity index (χ0v) is 17.1. The van der Waals surface area contributed by atoms with Gasteiger partial charge >= 0.3 is 0 Å². The number of allylic oxidation sites excluding steroid dienone is 1. The third-order valence-electron chi connectivity index (χ3n) is 5.14. The van der Waals surface area contributed by atoms with Crippen molar-refractivity contribution in [1.82, 2.24) is 10.2 Å². The molecule has 156 valence electrons. The van der Waals surface area contributed by atoms with Crippen LogP contribution in [0.1, 0.15) is 28.3 Å². The highest BCUT2D eigenvalue weighted by Crippen LogP contribution is 2.45. The van der Waals surface area contributed by atoms with Gasteiger partial charge in [-0.15, -0.1) is 5.10 Å². The normalized spacial score (nSPS) is 14.9. The minimum atomic E-state index is -0.525. The number of amides is 1. The number of benzene rings is 2. The molecule has 4 rings (SSSR count). The number of nitrogens with zero attached hydrogens (tertiary/aromatic N) is 2. The van der Waals surface area contributed by atoms with Crippen LogP contribution in [0, 0.1) is 25.2 Å². The molecule has 1 unspecified atom stereocenters. The van der Waals surface area contributed by atoms with E-state index in [0.29, 0.717) is 22.8 Å². The molecule has 0 bridgehead atoms. The Hall–Kier alpha value is -4.25. The molecule has 1 aliphatic heterocycles. The number of aryl methyl sites for hydroxylation is 2. The number of ether oxygens (including phenoxy) is 2. The van der Waals surface area contributed by atoms with Crippen molar-refractivity contribution in [3.8, 4) is 17.7 Å². The molecule has 0 saturated heterocycles. The van der Waals surface area contributed by atoms with Gasteiger partial charge in [0.1, 0.15) is 17.4 Å². The van der Waals surface area contributed by atoms with Crippen molar-refractivity contribution in [2.24, 2.45) is 5.73 Å². The number of H-pyrrole nitrogens is 1. The number of fused-ring (bicyclic) bond motifs is 1. The Morgan fingerprint density at radius 2 is 2.00 bits per heavy atom. The molecule has 2 heterocycles. The molecular weight excluding hydrogens is 394 g/mol. The monoisotopic (exact) mass is 415 g/mol. The fraction of sp³-hybridized carbons (Fsp3) is 0.174. The van der Waals surface area contributed by atoms with Crippen molar-refractivity contribution in [2.45, 2.75) is 19.8 Å². The van der Waals surface area contributed by atoms with Crippen molar-refractivity contribution in [1.29, 1.82) is 5.26 Å². The summed E-state index contributed by atoms with van der Waals surface area (Å²) in [7, 11) is 0. The zero-order chi connectivity index (χ0) is 22.0. The first-order valence-corrected chi connectivity index (χ1v) is 9.69. The van der Waals surface area contributed by atoms with E-state index in [4.69, 9.17) is 15.2 Å². The lowest BCUT2D eigenvalue weighted by Gasteiger charge is -2.25. The van der Waals surface area contributed by atoms with Gasteiger partial charge in [-0.1, -0.05) is 36.4 Å². The van der Waals surface area contributed by atoms with Crippen LogP contribution in [0.5, 0.6) is 11.6 Å². The van der Waals surface area contributed by atoms with Gasteiger partial charge in [-0.05, 0) is 31.5 Å². The Morgan fingerprint density at radius 3 is 2.77 bits per heavy atom. The molecule has 8 heteroatoms. The maximum atomic E-state index is 12.5. The van der Waals surface area contributed by atoms with E-state index in [1.165, 1.54) is 0 Å². The highest BCUT2D eigenvalue weighted by atomic mass is 16.5. The summed E-state index contributed by atoms with van der Waals surface area (Å²) in [5, 5.41) is 19.6. The number of aromatic nitrogens is 2. The summed E-state index contributed by atoms with van der Waals surface area (Å²) >= 11 is 0. The number of nitrogens with two attached hydrogens (primary N) is 1. The van der Waals surface area contributed by atoms with Gasteiger partial charge in [0, 0.05) is 22.5 Å². The van der Waals surface area contributed by atoms with Gasteiger partial charge in [-0.2, -0.15) is 5.26 Å². The van der Waals surface area contributed by atoms with E-state index in [2.05, 4.69) is 21.6 Å². The number of hydrogen-bond acceptors (Lipinski definition) is 6. The minimum Gasteiger partial charge on any atom is -0.483 e. The van der Waals surface area contributed by atoms with E-state index >= 15 is 0 Å². The van der Waals surface area contributed by atoms with Crippen LogP contribution >= 0.6 is 0 Å². The predicted molar refractivity (Wildman–Crippen MR) is 114 cm³/mol. The highest BCUT2D eigenvalue weighted by Gasteiger charge is 2.35. The van der Waals surface area contributed by atoms with Crippen LogP contribution in [0.25, 0.3) is 0 Å².